The lowest BCUT2D eigenvalue weighted by atomic mass is 9.90. The molecular weight excluding hydrogens is 737 g/mol. The van der Waals surface area contributed by atoms with Crippen molar-refractivity contribution in [3.63, 3.8) is 0 Å². The predicted octanol–water partition coefficient (Wildman–Crippen LogP) is 7.57. The monoisotopic (exact) mass is 780 g/mol. The van der Waals surface area contributed by atoms with Crippen molar-refractivity contribution in [3.05, 3.63) is 71.3 Å². The first-order valence-electron chi connectivity index (χ1n) is 19.9. The number of aromatic nitrogens is 5. The van der Waals surface area contributed by atoms with Crippen molar-refractivity contribution in [2.24, 2.45) is 0 Å². The van der Waals surface area contributed by atoms with E-state index < -0.39 is 23.8 Å². The third-order valence-electron chi connectivity index (χ3n) is 12.5. The zero-order valence-electron chi connectivity index (χ0n) is 31.9. The number of piperazine rings is 1. The number of nitrogens with zero attached hydrogens (tertiary/aromatic N) is 7. The Morgan fingerprint density at radius 3 is 2.70 bits per heavy atom. The number of terminal acetylenes is 1. The molecule has 0 amide bonds. The van der Waals surface area contributed by atoms with E-state index in [1.807, 2.05) is 6.07 Å². The lowest BCUT2D eigenvalue weighted by molar-refractivity contribution is 0.0661. The third-order valence-corrected chi connectivity index (χ3v) is 12.5. The van der Waals surface area contributed by atoms with Gasteiger partial charge < -0.3 is 19.7 Å². The maximum absolute atomic E-state index is 17.4. The first-order valence-corrected chi connectivity index (χ1v) is 19.9. The number of benzene rings is 2. The summed E-state index contributed by atoms with van der Waals surface area (Å²) in [5.74, 6) is 1.71. The van der Waals surface area contributed by atoms with Crippen LogP contribution < -0.4 is 19.7 Å². The lowest BCUT2D eigenvalue weighted by Gasteiger charge is -2.46. The molecular formula is C43H44F4N8O2. The summed E-state index contributed by atoms with van der Waals surface area (Å²) in [7, 11) is 0. The number of rotatable bonds is 9. The van der Waals surface area contributed by atoms with Gasteiger partial charge in [-0.25, -0.2) is 32.5 Å². The van der Waals surface area contributed by atoms with Gasteiger partial charge in [-0.3, -0.25) is 4.90 Å². The van der Waals surface area contributed by atoms with Crippen LogP contribution in [0, 0.1) is 24.0 Å². The van der Waals surface area contributed by atoms with Gasteiger partial charge in [-0.15, -0.1) is 6.42 Å². The van der Waals surface area contributed by atoms with Crippen LogP contribution in [0.5, 0.6) is 11.9 Å². The van der Waals surface area contributed by atoms with Crippen LogP contribution in [-0.4, -0.2) is 85.8 Å². The van der Waals surface area contributed by atoms with Gasteiger partial charge in [-0.05, 0) is 76.3 Å². The van der Waals surface area contributed by atoms with E-state index in [0.717, 1.165) is 51.5 Å². The number of alkyl halides is 2. The van der Waals surface area contributed by atoms with Crippen LogP contribution >= 0.6 is 0 Å². The number of aryl methyl sites for hydroxylation is 1. The highest BCUT2D eigenvalue weighted by atomic mass is 19.3. The molecule has 0 bridgehead atoms. The molecule has 3 fully saturated rings. The molecule has 296 valence electrons. The summed E-state index contributed by atoms with van der Waals surface area (Å²) in [6.07, 6.45) is 12.1. The van der Waals surface area contributed by atoms with Gasteiger partial charge in [0.15, 0.2) is 11.5 Å². The van der Waals surface area contributed by atoms with E-state index in [0.29, 0.717) is 46.2 Å². The molecule has 5 atom stereocenters. The topological polar surface area (TPSA) is 101 Å². The fourth-order valence-electron chi connectivity index (χ4n) is 9.94. The number of ether oxygens (including phenoxy) is 2. The SMILES string of the molecule is C#Cc1c(F)ccc2cccc(-c3nc4c5c(nc(OC[C@@]67CCCN6[C@H](COc6nccnc6C(F)F)CC7)nc5c3F)N3C[C@@H](C)N[C@@H](CC)[C@H]3CCC4)c12. The number of fused-ring (bicyclic) bond motifs is 4. The van der Waals surface area contributed by atoms with Crippen LogP contribution in [0.2, 0.25) is 0 Å². The van der Waals surface area contributed by atoms with Gasteiger partial charge in [0.05, 0.1) is 22.2 Å². The quantitative estimate of drug-likeness (QED) is 0.119. The van der Waals surface area contributed by atoms with E-state index >= 15 is 8.78 Å². The van der Waals surface area contributed by atoms with Gasteiger partial charge in [0, 0.05) is 54.1 Å². The van der Waals surface area contributed by atoms with Crippen molar-refractivity contribution in [1.29, 1.82) is 0 Å². The Balaban J connectivity index is 1.11. The number of anilines is 1. The van der Waals surface area contributed by atoms with Gasteiger partial charge in [0.25, 0.3) is 6.43 Å². The van der Waals surface area contributed by atoms with Crippen LogP contribution in [0.3, 0.4) is 0 Å². The van der Waals surface area contributed by atoms with Crippen molar-refractivity contribution in [2.45, 2.75) is 101 Å². The molecule has 14 heteroatoms. The molecule has 4 aliphatic rings. The molecule has 3 aromatic heterocycles. The smallest absolute Gasteiger partial charge is 0.319 e. The second-order valence-corrected chi connectivity index (χ2v) is 15.8. The molecule has 0 spiro atoms. The number of halogens is 4. The third kappa shape index (κ3) is 6.49. The summed E-state index contributed by atoms with van der Waals surface area (Å²) in [5, 5.41) is 5.42. The Kier molecular flexibility index (Phi) is 9.85. The predicted molar refractivity (Wildman–Crippen MR) is 209 cm³/mol. The van der Waals surface area contributed by atoms with E-state index in [2.05, 4.69) is 44.9 Å². The molecule has 3 saturated heterocycles. The normalized spacial score (nSPS) is 24.6. The zero-order valence-corrected chi connectivity index (χ0v) is 31.9. The number of nitrogens with one attached hydrogen (secondary N) is 1. The van der Waals surface area contributed by atoms with Crippen LogP contribution in [0.4, 0.5) is 23.4 Å². The molecule has 4 aliphatic heterocycles. The van der Waals surface area contributed by atoms with Gasteiger partial charge in [0.1, 0.15) is 36.1 Å². The minimum atomic E-state index is -2.80. The Hall–Kier alpha value is -5.13. The van der Waals surface area contributed by atoms with Crippen molar-refractivity contribution in [1.82, 2.24) is 35.1 Å². The first kappa shape index (κ1) is 37.4. The molecule has 1 N–H and O–H groups in total. The fourth-order valence-corrected chi connectivity index (χ4v) is 9.94. The second-order valence-electron chi connectivity index (χ2n) is 15.8. The molecule has 57 heavy (non-hydrogen) atoms. The number of hydrogen-bond acceptors (Lipinski definition) is 10. The minimum absolute atomic E-state index is 0.0456. The second kappa shape index (κ2) is 15.0. The highest BCUT2D eigenvalue weighted by Crippen LogP contribution is 2.45. The Bertz CT molecular complexity index is 2390. The van der Waals surface area contributed by atoms with Crippen molar-refractivity contribution >= 4 is 27.5 Å². The van der Waals surface area contributed by atoms with Gasteiger partial charge in [-0.1, -0.05) is 37.1 Å². The lowest BCUT2D eigenvalue weighted by Crippen LogP contribution is -2.62. The molecule has 0 unspecified atom stereocenters. The maximum Gasteiger partial charge on any atom is 0.319 e. The van der Waals surface area contributed by atoms with Crippen LogP contribution in [0.1, 0.15) is 82.2 Å². The van der Waals surface area contributed by atoms with E-state index in [1.54, 1.807) is 18.2 Å². The van der Waals surface area contributed by atoms with Gasteiger partial charge >= 0.3 is 6.01 Å². The molecule has 2 aromatic carbocycles. The Morgan fingerprint density at radius 2 is 1.88 bits per heavy atom. The van der Waals surface area contributed by atoms with Gasteiger partial charge in [-0.2, -0.15) is 9.97 Å². The van der Waals surface area contributed by atoms with E-state index in [4.69, 9.17) is 30.8 Å². The van der Waals surface area contributed by atoms with Crippen molar-refractivity contribution in [3.8, 4) is 35.5 Å². The van der Waals surface area contributed by atoms with Crippen molar-refractivity contribution in [2.75, 3.05) is 31.2 Å². The first-order chi connectivity index (χ1) is 27.7. The summed E-state index contributed by atoms with van der Waals surface area (Å²) in [6, 6.07) is 8.79. The molecule has 0 radical (unpaired) electrons. The highest BCUT2D eigenvalue weighted by Gasteiger charge is 2.50. The van der Waals surface area contributed by atoms with Crippen LogP contribution in [0.15, 0.2) is 42.7 Å². The average Bonchev–Trinajstić information content (AvgIpc) is 3.79. The zero-order chi connectivity index (χ0) is 39.4. The van der Waals surface area contributed by atoms with E-state index in [-0.39, 0.29) is 71.6 Å². The largest absolute Gasteiger partial charge is 0.475 e. The fraction of sp³-hybridized carbons (Fsp3) is 0.465. The van der Waals surface area contributed by atoms with Gasteiger partial charge in [0.2, 0.25) is 5.88 Å². The Morgan fingerprint density at radius 1 is 1.02 bits per heavy atom. The Labute approximate surface area is 328 Å². The van der Waals surface area contributed by atoms with E-state index in [1.165, 1.54) is 18.5 Å². The summed E-state index contributed by atoms with van der Waals surface area (Å²) in [4.78, 5) is 27.4. The number of hydrogen-bond donors (Lipinski definition) is 1. The minimum Gasteiger partial charge on any atom is -0.475 e. The molecule has 0 saturated carbocycles. The molecule has 7 heterocycles. The molecule has 5 aromatic rings. The van der Waals surface area contributed by atoms with E-state index in [9.17, 15) is 8.78 Å². The summed E-state index contributed by atoms with van der Waals surface area (Å²) < 4.78 is 72.2. The average molecular weight is 781 g/mol. The molecule has 9 rings (SSSR count). The maximum atomic E-state index is 17.4. The van der Waals surface area contributed by atoms with Crippen LogP contribution in [0.25, 0.3) is 32.9 Å². The van der Waals surface area contributed by atoms with Crippen LogP contribution in [-0.2, 0) is 6.42 Å². The summed E-state index contributed by atoms with van der Waals surface area (Å²) in [5.41, 5.74) is 0.430. The van der Waals surface area contributed by atoms with Crippen molar-refractivity contribution < 1.29 is 27.0 Å². The number of pyridine rings is 1. The standard InChI is InChI=1S/C43H44F4N8O2/c1-4-27-29(44)14-13-25-9-6-10-28(33(25)27)36-35(45)37-34-31(51-36)11-7-12-32-30(5-2)50-24(3)21-54(32)40(34)53-42(52-37)57-23-43-16-8-20-55(43)26(15-17-43)22-56-41-38(39(46)47)48-18-19-49-41/h1,6,9-10,13-14,18-19,24,26,30,32,39,50H,5,7-8,11-12,15-17,20-23H2,2-3H3/t24-,26+,30+,32-,43+/m1/s1. The summed E-state index contributed by atoms with van der Waals surface area (Å²) in [6.45, 7) is 6.20. The molecule has 10 nitrogen and oxygen atoms in total. The summed E-state index contributed by atoms with van der Waals surface area (Å²) >= 11 is 0. The highest BCUT2D eigenvalue weighted by molar-refractivity contribution is 6.02. The molecule has 0 aliphatic carbocycles.